The first-order valence-corrected chi connectivity index (χ1v) is 8.16. The third kappa shape index (κ3) is 5.41. The Morgan fingerprint density at radius 2 is 2.00 bits per heavy atom. The molecule has 2 rings (SSSR count). The SMILES string of the molecule is CC(C)Nc1cc(C(=O)NCCc2ccc(Cl)cc2Cl)ccn1. The Kier molecular flexibility index (Phi) is 6.25. The molecule has 0 radical (unpaired) electrons. The molecule has 1 aromatic carbocycles. The van der Waals surface area contributed by atoms with E-state index in [0.717, 1.165) is 5.56 Å². The first kappa shape index (κ1) is 17.6. The fourth-order valence-corrected chi connectivity index (χ4v) is 2.59. The molecular weight excluding hydrogens is 333 g/mol. The largest absolute Gasteiger partial charge is 0.368 e. The van der Waals surface area contributed by atoms with E-state index in [-0.39, 0.29) is 11.9 Å². The highest BCUT2D eigenvalue weighted by Crippen LogP contribution is 2.21. The van der Waals surface area contributed by atoms with Crippen molar-refractivity contribution in [3.63, 3.8) is 0 Å². The van der Waals surface area contributed by atoms with Gasteiger partial charge in [-0.3, -0.25) is 4.79 Å². The zero-order chi connectivity index (χ0) is 16.8. The van der Waals surface area contributed by atoms with Crippen LogP contribution in [0.25, 0.3) is 0 Å². The molecule has 4 nitrogen and oxygen atoms in total. The van der Waals surface area contributed by atoms with E-state index in [1.54, 1.807) is 30.5 Å². The number of pyridine rings is 1. The zero-order valence-electron chi connectivity index (χ0n) is 13.1. The summed E-state index contributed by atoms with van der Waals surface area (Å²) in [6.45, 7) is 4.53. The maximum atomic E-state index is 12.2. The first-order chi connectivity index (χ1) is 11.0. The minimum Gasteiger partial charge on any atom is -0.368 e. The third-order valence-corrected chi connectivity index (χ3v) is 3.74. The maximum absolute atomic E-state index is 12.2. The molecule has 122 valence electrons. The maximum Gasteiger partial charge on any atom is 0.251 e. The summed E-state index contributed by atoms with van der Waals surface area (Å²) in [6, 6.07) is 9.05. The summed E-state index contributed by atoms with van der Waals surface area (Å²) in [5.74, 6) is 0.553. The van der Waals surface area contributed by atoms with Gasteiger partial charge in [0.25, 0.3) is 5.91 Å². The van der Waals surface area contributed by atoms with Crippen LogP contribution in [0.3, 0.4) is 0 Å². The van der Waals surface area contributed by atoms with E-state index in [9.17, 15) is 4.79 Å². The van der Waals surface area contributed by atoms with Crippen LogP contribution >= 0.6 is 23.2 Å². The van der Waals surface area contributed by atoms with Crippen LogP contribution in [0.2, 0.25) is 10.0 Å². The van der Waals surface area contributed by atoms with Gasteiger partial charge < -0.3 is 10.6 Å². The van der Waals surface area contributed by atoms with Crippen LogP contribution < -0.4 is 10.6 Å². The number of nitrogens with one attached hydrogen (secondary N) is 2. The summed E-state index contributed by atoms with van der Waals surface area (Å²) < 4.78 is 0. The van der Waals surface area contributed by atoms with Crippen LogP contribution in [0.1, 0.15) is 29.8 Å². The Labute approximate surface area is 146 Å². The highest BCUT2D eigenvalue weighted by atomic mass is 35.5. The number of aromatic nitrogens is 1. The fraction of sp³-hybridized carbons (Fsp3) is 0.294. The number of anilines is 1. The number of hydrogen-bond acceptors (Lipinski definition) is 3. The highest BCUT2D eigenvalue weighted by molar-refractivity contribution is 6.35. The number of carbonyl (C=O) groups is 1. The summed E-state index contributed by atoms with van der Waals surface area (Å²) in [6.07, 6.45) is 2.26. The standard InChI is InChI=1S/C17H19Cl2N3O/c1-11(2)22-16-9-13(6-7-20-16)17(23)21-8-5-12-3-4-14(18)10-15(12)19/h3-4,6-7,9-11H,5,8H2,1-2H3,(H,20,22)(H,21,23). The number of nitrogens with zero attached hydrogens (tertiary/aromatic N) is 1. The lowest BCUT2D eigenvalue weighted by atomic mass is 10.1. The van der Waals surface area contributed by atoms with E-state index in [2.05, 4.69) is 15.6 Å². The molecule has 0 unspecified atom stereocenters. The van der Waals surface area contributed by atoms with Crippen molar-refractivity contribution in [1.29, 1.82) is 0 Å². The van der Waals surface area contributed by atoms with Gasteiger partial charge in [-0.1, -0.05) is 29.3 Å². The average molecular weight is 352 g/mol. The van der Waals surface area contributed by atoms with Crippen LogP contribution in [0.5, 0.6) is 0 Å². The average Bonchev–Trinajstić information content (AvgIpc) is 2.49. The lowest BCUT2D eigenvalue weighted by Gasteiger charge is -2.10. The molecule has 2 N–H and O–H groups in total. The summed E-state index contributed by atoms with van der Waals surface area (Å²) in [5, 5.41) is 7.27. The molecule has 0 aliphatic heterocycles. The Morgan fingerprint density at radius 1 is 1.22 bits per heavy atom. The van der Waals surface area contributed by atoms with Crippen molar-refractivity contribution in [3.8, 4) is 0 Å². The van der Waals surface area contributed by atoms with Gasteiger partial charge in [0.2, 0.25) is 0 Å². The van der Waals surface area contributed by atoms with Crippen LogP contribution in [0, 0.1) is 0 Å². The van der Waals surface area contributed by atoms with E-state index in [1.807, 2.05) is 19.9 Å². The predicted octanol–water partition coefficient (Wildman–Crippen LogP) is 4.18. The first-order valence-electron chi connectivity index (χ1n) is 7.40. The van der Waals surface area contributed by atoms with Gasteiger partial charge in [0.05, 0.1) is 0 Å². The van der Waals surface area contributed by atoms with Gasteiger partial charge in [0, 0.05) is 34.4 Å². The van der Waals surface area contributed by atoms with E-state index < -0.39 is 0 Å². The molecule has 0 aliphatic carbocycles. The van der Waals surface area contributed by atoms with Gasteiger partial charge in [0.1, 0.15) is 5.82 Å². The molecule has 0 atom stereocenters. The normalized spacial score (nSPS) is 10.7. The lowest BCUT2D eigenvalue weighted by molar-refractivity contribution is 0.0954. The zero-order valence-corrected chi connectivity index (χ0v) is 14.6. The van der Waals surface area contributed by atoms with Gasteiger partial charge >= 0.3 is 0 Å². The second-order valence-corrected chi connectivity index (χ2v) is 6.31. The number of halogens is 2. The molecule has 0 aliphatic rings. The minimum atomic E-state index is -0.135. The number of benzene rings is 1. The monoisotopic (exact) mass is 351 g/mol. The van der Waals surface area contributed by atoms with Crippen LogP contribution in [0.15, 0.2) is 36.5 Å². The van der Waals surface area contributed by atoms with E-state index in [1.165, 1.54) is 0 Å². The Balaban J connectivity index is 1.92. The highest BCUT2D eigenvalue weighted by Gasteiger charge is 2.08. The summed E-state index contributed by atoms with van der Waals surface area (Å²) in [5.41, 5.74) is 1.53. The van der Waals surface area contributed by atoms with Gasteiger partial charge in [-0.25, -0.2) is 4.98 Å². The Bertz CT molecular complexity index is 689. The molecule has 1 aromatic heterocycles. The lowest BCUT2D eigenvalue weighted by Crippen LogP contribution is -2.26. The summed E-state index contributed by atoms with van der Waals surface area (Å²) in [4.78, 5) is 16.4. The molecule has 2 aromatic rings. The van der Waals surface area contributed by atoms with Crippen LogP contribution in [-0.4, -0.2) is 23.5 Å². The summed E-state index contributed by atoms with van der Waals surface area (Å²) in [7, 11) is 0. The molecule has 1 heterocycles. The van der Waals surface area contributed by atoms with Crippen molar-refractivity contribution >= 4 is 34.9 Å². The molecule has 0 bridgehead atoms. The van der Waals surface area contributed by atoms with Crippen molar-refractivity contribution in [2.75, 3.05) is 11.9 Å². The van der Waals surface area contributed by atoms with Crippen molar-refractivity contribution in [1.82, 2.24) is 10.3 Å². The van der Waals surface area contributed by atoms with Crippen LogP contribution in [0.4, 0.5) is 5.82 Å². The van der Waals surface area contributed by atoms with Crippen LogP contribution in [-0.2, 0) is 6.42 Å². The molecule has 0 fully saturated rings. The van der Waals surface area contributed by atoms with Crippen molar-refractivity contribution < 1.29 is 4.79 Å². The molecule has 6 heteroatoms. The molecule has 0 spiro atoms. The Morgan fingerprint density at radius 3 is 2.70 bits per heavy atom. The topological polar surface area (TPSA) is 54.0 Å². The van der Waals surface area contributed by atoms with E-state index >= 15 is 0 Å². The minimum absolute atomic E-state index is 0.135. The fourth-order valence-electron chi connectivity index (χ4n) is 2.08. The van der Waals surface area contributed by atoms with E-state index in [0.29, 0.717) is 34.4 Å². The molecule has 0 saturated carbocycles. The van der Waals surface area contributed by atoms with Gasteiger partial charge in [0.15, 0.2) is 0 Å². The van der Waals surface area contributed by atoms with Crippen molar-refractivity contribution in [2.45, 2.75) is 26.3 Å². The number of hydrogen-bond donors (Lipinski definition) is 2. The summed E-state index contributed by atoms with van der Waals surface area (Å²) >= 11 is 12.0. The molecule has 23 heavy (non-hydrogen) atoms. The third-order valence-electron chi connectivity index (χ3n) is 3.15. The number of carbonyl (C=O) groups excluding carboxylic acids is 1. The quantitative estimate of drug-likeness (QED) is 0.820. The van der Waals surface area contributed by atoms with Crippen molar-refractivity contribution in [3.05, 3.63) is 57.7 Å². The smallest absolute Gasteiger partial charge is 0.251 e. The van der Waals surface area contributed by atoms with Gasteiger partial charge in [-0.2, -0.15) is 0 Å². The van der Waals surface area contributed by atoms with Gasteiger partial charge in [-0.15, -0.1) is 0 Å². The molecule has 0 saturated heterocycles. The second-order valence-electron chi connectivity index (χ2n) is 5.47. The second kappa shape index (κ2) is 8.18. The molecular formula is C17H19Cl2N3O. The van der Waals surface area contributed by atoms with Crippen molar-refractivity contribution in [2.24, 2.45) is 0 Å². The number of rotatable bonds is 6. The Hall–Kier alpha value is -1.78. The number of amides is 1. The predicted molar refractivity (Wildman–Crippen MR) is 95.5 cm³/mol. The molecule has 1 amide bonds. The van der Waals surface area contributed by atoms with E-state index in [4.69, 9.17) is 23.2 Å². The van der Waals surface area contributed by atoms with Gasteiger partial charge in [-0.05, 0) is 50.1 Å².